The van der Waals surface area contributed by atoms with Gasteiger partial charge in [0.25, 0.3) is 0 Å². The zero-order valence-corrected chi connectivity index (χ0v) is 11.6. The SMILES string of the molecule is NCC1CCCCN1C(=O)C1CC1c1ccc(F)cc1. The fourth-order valence-corrected chi connectivity index (χ4v) is 3.30. The van der Waals surface area contributed by atoms with Crippen LogP contribution in [0.5, 0.6) is 0 Å². The van der Waals surface area contributed by atoms with Gasteiger partial charge in [0.1, 0.15) is 5.82 Å². The molecule has 1 saturated heterocycles. The lowest BCUT2D eigenvalue weighted by atomic mass is 10.0. The monoisotopic (exact) mass is 276 g/mol. The third kappa shape index (κ3) is 2.57. The second-order valence-electron chi connectivity index (χ2n) is 5.92. The van der Waals surface area contributed by atoms with Gasteiger partial charge in [-0.1, -0.05) is 12.1 Å². The Labute approximate surface area is 118 Å². The summed E-state index contributed by atoms with van der Waals surface area (Å²) in [5, 5.41) is 0. The lowest BCUT2D eigenvalue weighted by Crippen LogP contribution is -2.48. The molecule has 1 saturated carbocycles. The fourth-order valence-electron chi connectivity index (χ4n) is 3.30. The predicted molar refractivity (Wildman–Crippen MR) is 75.7 cm³/mol. The number of nitrogens with zero attached hydrogens (tertiary/aromatic N) is 1. The first kappa shape index (κ1) is 13.6. The molecule has 0 aromatic heterocycles. The Hall–Kier alpha value is -1.42. The van der Waals surface area contributed by atoms with Crippen molar-refractivity contribution in [1.82, 2.24) is 4.90 Å². The number of likely N-dealkylation sites (tertiary alicyclic amines) is 1. The van der Waals surface area contributed by atoms with E-state index in [-0.39, 0.29) is 29.6 Å². The summed E-state index contributed by atoms with van der Waals surface area (Å²) in [5.41, 5.74) is 6.85. The Bertz CT molecular complexity index is 488. The van der Waals surface area contributed by atoms with E-state index >= 15 is 0 Å². The van der Waals surface area contributed by atoms with E-state index < -0.39 is 0 Å². The van der Waals surface area contributed by atoms with E-state index in [1.807, 2.05) is 4.90 Å². The van der Waals surface area contributed by atoms with Gasteiger partial charge in [-0.15, -0.1) is 0 Å². The summed E-state index contributed by atoms with van der Waals surface area (Å²) in [5.74, 6) is 0.363. The summed E-state index contributed by atoms with van der Waals surface area (Å²) in [6.45, 7) is 1.40. The molecular weight excluding hydrogens is 255 g/mol. The van der Waals surface area contributed by atoms with Crippen LogP contribution in [0.3, 0.4) is 0 Å². The van der Waals surface area contributed by atoms with E-state index in [0.29, 0.717) is 6.54 Å². The number of hydrogen-bond donors (Lipinski definition) is 1. The molecular formula is C16H21FN2O. The highest BCUT2D eigenvalue weighted by molar-refractivity contribution is 5.83. The highest BCUT2D eigenvalue weighted by Crippen LogP contribution is 2.48. The normalized spacial score (nSPS) is 29.3. The first-order chi connectivity index (χ1) is 9.70. The molecule has 3 unspecified atom stereocenters. The van der Waals surface area contributed by atoms with Crippen LogP contribution in [0.25, 0.3) is 0 Å². The standard InChI is InChI=1S/C16H21FN2O/c17-12-6-4-11(5-7-12)14-9-15(14)16(20)19-8-2-1-3-13(19)10-18/h4-7,13-15H,1-3,8-10,18H2. The average molecular weight is 276 g/mol. The van der Waals surface area contributed by atoms with Crippen molar-refractivity contribution in [3.8, 4) is 0 Å². The van der Waals surface area contributed by atoms with Crippen molar-refractivity contribution in [3.63, 3.8) is 0 Å². The van der Waals surface area contributed by atoms with Gasteiger partial charge < -0.3 is 10.6 Å². The maximum atomic E-state index is 12.9. The van der Waals surface area contributed by atoms with Crippen LogP contribution in [0.2, 0.25) is 0 Å². The minimum absolute atomic E-state index is 0.0765. The number of carbonyl (C=O) groups is 1. The van der Waals surface area contributed by atoms with Gasteiger partial charge in [-0.25, -0.2) is 4.39 Å². The van der Waals surface area contributed by atoms with Crippen LogP contribution in [0.1, 0.15) is 37.2 Å². The molecule has 0 spiro atoms. The van der Waals surface area contributed by atoms with E-state index in [2.05, 4.69) is 0 Å². The van der Waals surface area contributed by atoms with Crippen molar-refractivity contribution in [2.45, 2.75) is 37.6 Å². The summed E-state index contributed by atoms with van der Waals surface area (Å²) in [7, 11) is 0. The van der Waals surface area contributed by atoms with Gasteiger partial charge in [0.2, 0.25) is 5.91 Å². The maximum Gasteiger partial charge on any atom is 0.226 e. The van der Waals surface area contributed by atoms with Gasteiger partial charge in [-0.3, -0.25) is 4.79 Å². The summed E-state index contributed by atoms with van der Waals surface area (Å²) >= 11 is 0. The third-order valence-electron chi connectivity index (χ3n) is 4.59. The topological polar surface area (TPSA) is 46.3 Å². The molecule has 0 bridgehead atoms. The van der Waals surface area contributed by atoms with Crippen LogP contribution < -0.4 is 5.73 Å². The fraction of sp³-hybridized carbons (Fsp3) is 0.562. The van der Waals surface area contributed by atoms with Crippen molar-refractivity contribution in [2.75, 3.05) is 13.1 Å². The highest BCUT2D eigenvalue weighted by atomic mass is 19.1. The quantitative estimate of drug-likeness (QED) is 0.920. The molecule has 1 aromatic carbocycles. The first-order valence-electron chi connectivity index (χ1n) is 7.46. The predicted octanol–water partition coefficient (Wildman–Crippen LogP) is 2.27. The van der Waals surface area contributed by atoms with Gasteiger partial charge in [0.05, 0.1) is 0 Å². The lowest BCUT2D eigenvalue weighted by molar-refractivity contribution is -0.136. The molecule has 0 radical (unpaired) electrons. The smallest absolute Gasteiger partial charge is 0.226 e. The molecule has 1 heterocycles. The summed E-state index contributed by atoms with van der Waals surface area (Å²) in [6, 6.07) is 6.75. The lowest BCUT2D eigenvalue weighted by Gasteiger charge is -2.35. The Morgan fingerprint density at radius 3 is 2.75 bits per heavy atom. The molecule has 3 nitrogen and oxygen atoms in total. The van der Waals surface area contributed by atoms with Gasteiger partial charge in [-0.2, -0.15) is 0 Å². The Kier molecular flexibility index (Phi) is 3.74. The number of benzene rings is 1. The van der Waals surface area contributed by atoms with Crippen molar-refractivity contribution in [2.24, 2.45) is 11.7 Å². The minimum atomic E-state index is -0.225. The summed E-state index contributed by atoms with van der Waals surface area (Å²) in [4.78, 5) is 14.6. The van der Waals surface area contributed by atoms with E-state index in [1.165, 1.54) is 12.1 Å². The third-order valence-corrected chi connectivity index (χ3v) is 4.59. The van der Waals surface area contributed by atoms with E-state index in [4.69, 9.17) is 5.73 Å². The van der Waals surface area contributed by atoms with Crippen molar-refractivity contribution in [3.05, 3.63) is 35.6 Å². The van der Waals surface area contributed by atoms with Gasteiger partial charge in [0, 0.05) is 25.0 Å². The molecule has 1 aromatic rings. The Morgan fingerprint density at radius 1 is 1.30 bits per heavy atom. The van der Waals surface area contributed by atoms with Crippen LogP contribution in [0.15, 0.2) is 24.3 Å². The maximum absolute atomic E-state index is 12.9. The second kappa shape index (κ2) is 5.52. The number of rotatable bonds is 3. The van der Waals surface area contributed by atoms with Crippen LogP contribution in [0, 0.1) is 11.7 Å². The molecule has 4 heteroatoms. The summed E-state index contributed by atoms with van der Waals surface area (Å²) < 4.78 is 12.9. The Morgan fingerprint density at radius 2 is 2.05 bits per heavy atom. The number of amides is 1. The minimum Gasteiger partial charge on any atom is -0.338 e. The molecule has 20 heavy (non-hydrogen) atoms. The molecule has 3 atom stereocenters. The Balaban J connectivity index is 1.66. The summed E-state index contributed by atoms with van der Waals surface area (Å²) in [6.07, 6.45) is 4.16. The van der Waals surface area contributed by atoms with Gasteiger partial charge >= 0.3 is 0 Å². The largest absolute Gasteiger partial charge is 0.338 e. The van der Waals surface area contributed by atoms with Crippen LogP contribution >= 0.6 is 0 Å². The zero-order valence-electron chi connectivity index (χ0n) is 11.6. The average Bonchev–Trinajstić information content (AvgIpc) is 3.27. The van der Waals surface area contributed by atoms with Crippen molar-refractivity contribution >= 4 is 5.91 Å². The highest BCUT2D eigenvalue weighted by Gasteiger charge is 2.46. The molecule has 1 aliphatic carbocycles. The van der Waals surface area contributed by atoms with Crippen molar-refractivity contribution < 1.29 is 9.18 Å². The molecule has 1 amide bonds. The molecule has 2 aliphatic rings. The van der Waals surface area contributed by atoms with Gasteiger partial charge in [0.15, 0.2) is 0 Å². The number of nitrogens with two attached hydrogens (primary N) is 1. The number of piperidine rings is 1. The molecule has 2 fully saturated rings. The molecule has 2 N–H and O–H groups in total. The van der Waals surface area contributed by atoms with E-state index in [0.717, 1.165) is 37.8 Å². The molecule has 108 valence electrons. The zero-order chi connectivity index (χ0) is 14.1. The molecule has 1 aliphatic heterocycles. The van der Waals surface area contributed by atoms with E-state index in [1.54, 1.807) is 12.1 Å². The number of hydrogen-bond acceptors (Lipinski definition) is 2. The number of halogens is 1. The van der Waals surface area contributed by atoms with Gasteiger partial charge in [-0.05, 0) is 49.3 Å². The number of carbonyl (C=O) groups excluding carboxylic acids is 1. The van der Waals surface area contributed by atoms with Crippen molar-refractivity contribution in [1.29, 1.82) is 0 Å². The van der Waals surface area contributed by atoms with Crippen LogP contribution in [-0.4, -0.2) is 29.9 Å². The van der Waals surface area contributed by atoms with Crippen LogP contribution in [-0.2, 0) is 4.79 Å². The molecule has 3 rings (SSSR count). The van der Waals surface area contributed by atoms with Crippen LogP contribution in [0.4, 0.5) is 4.39 Å². The second-order valence-corrected chi connectivity index (χ2v) is 5.92. The van der Waals surface area contributed by atoms with E-state index in [9.17, 15) is 9.18 Å². The first-order valence-corrected chi connectivity index (χ1v) is 7.46.